The number of benzene rings is 3. The van der Waals surface area contributed by atoms with Crippen LogP contribution >= 0.6 is 0 Å². The predicted octanol–water partition coefficient (Wildman–Crippen LogP) is 4.95. The molecule has 12 nitrogen and oxygen atoms in total. The molecule has 0 bridgehead atoms. The third-order valence-electron chi connectivity index (χ3n) is 9.38. The molecule has 266 valence electrons. The number of piperazine rings is 1. The first-order chi connectivity index (χ1) is 24.0. The van der Waals surface area contributed by atoms with Gasteiger partial charge in [-0.15, -0.1) is 0 Å². The van der Waals surface area contributed by atoms with Crippen molar-refractivity contribution >= 4 is 28.9 Å². The maximum absolute atomic E-state index is 13.0. The summed E-state index contributed by atoms with van der Waals surface area (Å²) in [4.78, 5) is 40.4. The molecule has 3 aromatic carbocycles. The molecule has 0 aromatic heterocycles. The molecule has 3 aliphatic heterocycles. The van der Waals surface area contributed by atoms with Crippen LogP contribution in [0, 0.1) is 10.1 Å². The number of hydrogen-bond acceptors (Lipinski definition) is 9. The number of carbonyl (C=O) groups excluding carboxylic acids is 2. The summed E-state index contributed by atoms with van der Waals surface area (Å²) in [6, 6.07) is 19.6. The molecule has 2 amide bonds. The molecule has 3 fully saturated rings. The second-order valence-electron chi connectivity index (χ2n) is 12.7. The highest BCUT2D eigenvalue weighted by Gasteiger charge is 2.47. The number of hydrogen-bond donors (Lipinski definition) is 2. The van der Waals surface area contributed by atoms with Crippen molar-refractivity contribution < 1.29 is 42.3 Å². The summed E-state index contributed by atoms with van der Waals surface area (Å²) >= 11 is 0. The summed E-state index contributed by atoms with van der Waals surface area (Å²) in [5.41, 5.74) is 3.74. The molecule has 3 aliphatic rings. The number of likely N-dealkylation sites (tertiary alicyclic amines) is 1. The number of amides is 2. The van der Waals surface area contributed by atoms with Gasteiger partial charge in [0.2, 0.25) is 5.91 Å². The fourth-order valence-corrected chi connectivity index (χ4v) is 6.69. The van der Waals surface area contributed by atoms with Crippen molar-refractivity contribution in [2.75, 3.05) is 49.5 Å². The summed E-state index contributed by atoms with van der Waals surface area (Å²) < 4.78 is 52.0. The zero-order valence-electron chi connectivity index (χ0n) is 27.1. The van der Waals surface area contributed by atoms with Crippen LogP contribution in [0.25, 0.3) is 0 Å². The van der Waals surface area contributed by atoms with Crippen molar-refractivity contribution in [3.8, 4) is 0 Å². The Morgan fingerprint density at radius 3 is 2.18 bits per heavy atom. The van der Waals surface area contributed by atoms with E-state index < -0.39 is 35.2 Å². The van der Waals surface area contributed by atoms with E-state index in [1.807, 2.05) is 24.3 Å². The number of aliphatic hydroxyl groups is 1. The summed E-state index contributed by atoms with van der Waals surface area (Å²) in [5, 5.41) is 23.2. The zero-order chi connectivity index (χ0) is 35.4. The van der Waals surface area contributed by atoms with E-state index in [1.165, 1.54) is 12.1 Å². The Morgan fingerprint density at radius 1 is 0.900 bits per heavy atom. The maximum Gasteiger partial charge on any atom is 0.471 e. The van der Waals surface area contributed by atoms with Crippen LogP contribution in [0.1, 0.15) is 48.3 Å². The Labute approximate surface area is 286 Å². The third kappa shape index (κ3) is 8.24. The summed E-state index contributed by atoms with van der Waals surface area (Å²) in [6.45, 7) is 3.44. The third-order valence-corrected chi connectivity index (χ3v) is 9.38. The minimum Gasteiger partial charge on any atom is -0.392 e. The molecule has 4 unspecified atom stereocenters. The standard InChI is InChI=1S/C35H38F3N5O7/c36-35(37,38)34(46)42-15-1-2-30(42)32(45)39-26-9-7-25(8-10-26)33-49-29(20-31(50-33)24-5-3-23(22-44)4-6-24)21-40-16-18-41(19-17-40)27-11-13-28(14-12-27)43(47)48/h3-14,29-31,33,44H,1-2,15-22H2,(H,39,45). The molecule has 0 radical (unpaired) electrons. The highest BCUT2D eigenvalue weighted by atomic mass is 19.4. The van der Waals surface area contributed by atoms with Crippen molar-refractivity contribution in [3.63, 3.8) is 0 Å². The van der Waals surface area contributed by atoms with Gasteiger partial charge in [0.05, 0.1) is 23.7 Å². The number of alkyl halides is 3. The second kappa shape index (κ2) is 15.1. The number of nitrogens with zero attached hydrogens (tertiary/aromatic N) is 4. The Morgan fingerprint density at radius 2 is 1.56 bits per heavy atom. The predicted molar refractivity (Wildman–Crippen MR) is 176 cm³/mol. The second-order valence-corrected chi connectivity index (χ2v) is 12.7. The van der Waals surface area contributed by atoms with Gasteiger partial charge in [-0.1, -0.05) is 36.4 Å². The molecule has 0 saturated carbocycles. The molecule has 4 atom stereocenters. The van der Waals surface area contributed by atoms with E-state index in [0.717, 1.165) is 43.0 Å². The van der Waals surface area contributed by atoms with Gasteiger partial charge in [0, 0.05) is 74.8 Å². The van der Waals surface area contributed by atoms with Gasteiger partial charge >= 0.3 is 12.1 Å². The molecule has 3 saturated heterocycles. The lowest BCUT2D eigenvalue weighted by Gasteiger charge is -2.41. The Balaban J connectivity index is 1.11. The molecule has 0 aliphatic carbocycles. The maximum atomic E-state index is 13.0. The minimum absolute atomic E-state index is 0.0523. The number of nitrogens with one attached hydrogen (secondary N) is 1. The van der Waals surface area contributed by atoms with Crippen molar-refractivity contribution in [1.29, 1.82) is 0 Å². The Hall–Kier alpha value is -4.57. The quantitative estimate of drug-likeness (QED) is 0.235. The van der Waals surface area contributed by atoms with Crippen LogP contribution in [0.2, 0.25) is 0 Å². The van der Waals surface area contributed by atoms with E-state index in [2.05, 4.69) is 15.1 Å². The number of rotatable bonds is 9. The van der Waals surface area contributed by atoms with Crippen LogP contribution in [0.15, 0.2) is 72.8 Å². The monoisotopic (exact) mass is 697 g/mol. The Bertz CT molecular complexity index is 1650. The summed E-state index contributed by atoms with van der Waals surface area (Å²) in [5.74, 6) is -2.70. The van der Waals surface area contributed by atoms with Gasteiger partial charge in [0.1, 0.15) is 6.04 Å². The largest absolute Gasteiger partial charge is 0.471 e. The Kier molecular flexibility index (Phi) is 10.7. The number of non-ortho nitro benzene ring substituents is 1. The first-order valence-electron chi connectivity index (χ1n) is 16.5. The van der Waals surface area contributed by atoms with Crippen LogP contribution in [-0.2, 0) is 25.7 Å². The number of ether oxygens (including phenoxy) is 2. The lowest BCUT2D eigenvalue weighted by atomic mass is 9.99. The van der Waals surface area contributed by atoms with Crippen molar-refractivity contribution in [2.45, 2.75) is 56.6 Å². The highest BCUT2D eigenvalue weighted by molar-refractivity contribution is 5.98. The SMILES string of the molecule is O=C(Nc1ccc(C2OC(CN3CCN(c4ccc([N+](=O)[O-])cc4)CC3)CC(c3ccc(CO)cc3)O2)cc1)C1CCCN1C(=O)C(F)(F)F. The van der Waals surface area contributed by atoms with Gasteiger partial charge in [-0.3, -0.25) is 24.6 Å². The van der Waals surface area contributed by atoms with Crippen LogP contribution in [0.3, 0.4) is 0 Å². The smallest absolute Gasteiger partial charge is 0.392 e. The molecule has 6 rings (SSSR count). The number of aliphatic hydroxyl groups excluding tert-OH is 1. The molecule has 2 N–H and O–H groups in total. The number of halogens is 3. The van der Waals surface area contributed by atoms with Crippen LogP contribution in [0.5, 0.6) is 0 Å². The minimum atomic E-state index is -5.05. The summed E-state index contributed by atoms with van der Waals surface area (Å²) in [6.07, 6.45) is -5.30. The molecular weight excluding hydrogens is 659 g/mol. The van der Waals surface area contributed by atoms with Gasteiger partial charge in [0.15, 0.2) is 6.29 Å². The molecular formula is C35H38F3N5O7. The van der Waals surface area contributed by atoms with Gasteiger partial charge in [0.25, 0.3) is 5.69 Å². The zero-order valence-corrected chi connectivity index (χ0v) is 27.1. The van der Waals surface area contributed by atoms with E-state index in [9.17, 15) is 38.0 Å². The fraction of sp³-hybridized carbons (Fsp3) is 0.429. The van der Waals surface area contributed by atoms with Gasteiger partial charge in [-0.05, 0) is 48.2 Å². The molecule has 3 heterocycles. The number of nitro benzene ring substituents is 1. The normalized spacial score (nSPS) is 23.1. The average molecular weight is 698 g/mol. The lowest BCUT2D eigenvalue weighted by Crippen LogP contribution is -2.49. The average Bonchev–Trinajstić information content (AvgIpc) is 3.62. The first-order valence-corrected chi connectivity index (χ1v) is 16.5. The van der Waals surface area contributed by atoms with Crippen LogP contribution in [-0.4, -0.2) is 89.2 Å². The van der Waals surface area contributed by atoms with Crippen LogP contribution < -0.4 is 10.2 Å². The van der Waals surface area contributed by atoms with Gasteiger partial charge in [-0.25, -0.2) is 0 Å². The van der Waals surface area contributed by atoms with E-state index in [0.29, 0.717) is 35.5 Å². The topological polar surface area (TPSA) is 138 Å². The van der Waals surface area contributed by atoms with E-state index in [-0.39, 0.29) is 37.5 Å². The van der Waals surface area contributed by atoms with E-state index >= 15 is 0 Å². The summed E-state index contributed by atoms with van der Waals surface area (Å²) in [7, 11) is 0. The van der Waals surface area contributed by atoms with Crippen LogP contribution in [0.4, 0.5) is 30.2 Å². The number of anilines is 2. The highest BCUT2D eigenvalue weighted by Crippen LogP contribution is 2.39. The van der Waals surface area contributed by atoms with Crippen molar-refractivity contribution in [1.82, 2.24) is 9.80 Å². The lowest BCUT2D eigenvalue weighted by molar-refractivity contribution is -0.384. The first kappa shape index (κ1) is 35.3. The number of carbonyl (C=O) groups is 2. The van der Waals surface area contributed by atoms with Crippen molar-refractivity contribution in [3.05, 3.63) is 99.6 Å². The fourth-order valence-electron chi connectivity index (χ4n) is 6.69. The molecule has 0 spiro atoms. The molecule has 3 aromatic rings. The van der Waals surface area contributed by atoms with Crippen molar-refractivity contribution in [2.24, 2.45) is 0 Å². The van der Waals surface area contributed by atoms with E-state index in [4.69, 9.17) is 9.47 Å². The van der Waals surface area contributed by atoms with Gasteiger partial charge in [-0.2, -0.15) is 13.2 Å². The molecule has 50 heavy (non-hydrogen) atoms. The van der Waals surface area contributed by atoms with Gasteiger partial charge < -0.3 is 29.7 Å². The van der Waals surface area contributed by atoms with E-state index in [1.54, 1.807) is 36.4 Å². The molecule has 15 heteroatoms. The number of nitro groups is 1.